The number of hydrogen-bond acceptors (Lipinski definition) is 2. The number of benzene rings is 1. The largest absolute Gasteiger partial charge is 0.314 e. The minimum Gasteiger partial charge on any atom is -0.314 e. The summed E-state index contributed by atoms with van der Waals surface area (Å²) in [5.41, 5.74) is 0. The maximum Gasteiger partial charge on any atom is 0.141 e. The molecule has 0 saturated heterocycles. The van der Waals surface area contributed by atoms with E-state index in [1.54, 1.807) is 6.07 Å². The highest BCUT2D eigenvalue weighted by molar-refractivity contribution is 7.85. The van der Waals surface area contributed by atoms with Crippen molar-refractivity contribution in [2.45, 2.75) is 42.4 Å². The van der Waals surface area contributed by atoms with Crippen LogP contribution in [0.25, 0.3) is 0 Å². The van der Waals surface area contributed by atoms with Gasteiger partial charge in [-0.2, -0.15) is 0 Å². The molecule has 1 N–H and O–H groups in total. The maximum atomic E-state index is 13.1. The molecule has 0 aromatic heterocycles. The molecule has 1 saturated carbocycles. The fourth-order valence-corrected chi connectivity index (χ4v) is 4.23. The van der Waals surface area contributed by atoms with Crippen molar-refractivity contribution in [1.29, 1.82) is 0 Å². The number of rotatable bonds is 4. The van der Waals surface area contributed by atoms with E-state index in [1.165, 1.54) is 12.1 Å². The van der Waals surface area contributed by atoms with Crippen LogP contribution in [0.5, 0.6) is 0 Å². The fraction of sp³-hybridized carbons (Fsp3) is 0.538. The Hall–Kier alpha value is -0.450. The van der Waals surface area contributed by atoms with Gasteiger partial charge in [-0.1, -0.05) is 18.5 Å². The highest BCUT2D eigenvalue weighted by Gasteiger charge is 2.29. The smallest absolute Gasteiger partial charge is 0.141 e. The Morgan fingerprint density at radius 1 is 1.50 bits per heavy atom. The molecular formula is C13H17ClFNOS. The van der Waals surface area contributed by atoms with Gasteiger partial charge < -0.3 is 5.32 Å². The molecule has 2 nitrogen and oxygen atoms in total. The van der Waals surface area contributed by atoms with Crippen LogP contribution in [0.2, 0.25) is 5.02 Å². The molecule has 3 unspecified atom stereocenters. The number of halogens is 2. The lowest BCUT2D eigenvalue weighted by Gasteiger charge is -2.12. The molecule has 1 aromatic carbocycles. The first kappa shape index (κ1) is 14.0. The first-order valence-corrected chi connectivity index (χ1v) is 7.80. The third-order valence-electron chi connectivity index (χ3n) is 3.30. The second-order valence-electron chi connectivity index (χ2n) is 4.56. The van der Waals surface area contributed by atoms with Gasteiger partial charge in [-0.15, -0.1) is 0 Å². The Balaban J connectivity index is 2.05. The lowest BCUT2D eigenvalue weighted by Crippen LogP contribution is -2.27. The third-order valence-corrected chi connectivity index (χ3v) is 5.35. The quantitative estimate of drug-likeness (QED) is 0.923. The second kappa shape index (κ2) is 6.13. The van der Waals surface area contributed by atoms with E-state index in [2.05, 4.69) is 12.2 Å². The minimum absolute atomic E-state index is 0.0436. The molecule has 0 amide bonds. The summed E-state index contributed by atoms with van der Waals surface area (Å²) in [6.45, 7) is 3.01. The van der Waals surface area contributed by atoms with Crippen molar-refractivity contribution in [3.05, 3.63) is 29.0 Å². The van der Waals surface area contributed by atoms with Gasteiger partial charge in [-0.05, 0) is 44.0 Å². The standard InChI is InChI=1S/C13H17ClFNOS/c1-2-16-9-3-4-10(7-9)18(17)11-5-6-13(15)12(14)8-11/h5-6,8-10,16H,2-4,7H2,1H3. The van der Waals surface area contributed by atoms with Gasteiger partial charge in [0.2, 0.25) is 0 Å². The van der Waals surface area contributed by atoms with E-state index in [9.17, 15) is 8.60 Å². The average Bonchev–Trinajstić information content (AvgIpc) is 2.81. The van der Waals surface area contributed by atoms with Crippen LogP contribution in [-0.2, 0) is 10.8 Å². The molecular weight excluding hydrogens is 273 g/mol. The molecule has 18 heavy (non-hydrogen) atoms. The topological polar surface area (TPSA) is 29.1 Å². The summed E-state index contributed by atoms with van der Waals surface area (Å²) in [5, 5.41) is 3.57. The maximum absolute atomic E-state index is 13.1. The first-order chi connectivity index (χ1) is 8.61. The van der Waals surface area contributed by atoms with E-state index >= 15 is 0 Å². The molecule has 0 radical (unpaired) electrons. The molecule has 1 aliphatic rings. The van der Waals surface area contributed by atoms with E-state index in [4.69, 9.17) is 11.6 Å². The van der Waals surface area contributed by atoms with Crippen LogP contribution >= 0.6 is 11.6 Å². The fourth-order valence-electron chi connectivity index (χ4n) is 2.40. The molecule has 5 heteroatoms. The van der Waals surface area contributed by atoms with Crippen LogP contribution in [0.1, 0.15) is 26.2 Å². The molecule has 0 bridgehead atoms. The molecule has 0 aliphatic heterocycles. The average molecular weight is 290 g/mol. The van der Waals surface area contributed by atoms with Crippen LogP contribution in [0.4, 0.5) is 4.39 Å². The lowest BCUT2D eigenvalue weighted by atomic mass is 10.2. The molecule has 3 atom stereocenters. The van der Waals surface area contributed by atoms with Crippen LogP contribution < -0.4 is 5.32 Å². The van der Waals surface area contributed by atoms with Crippen molar-refractivity contribution >= 4 is 22.4 Å². The molecule has 1 aliphatic carbocycles. The summed E-state index contributed by atoms with van der Waals surface area (Å²) in [6, 6.07) is 4.79. The van der Waals surface area contributed by atoms with Gasteiger partial charge in [0.1, 0.15) is 5.82 Å². The van der Waals surface area contributed by atoms with Gasteiger partial charge in [-0.25, -0.2) is 4.39 Å². The molecule has 1 aromatic rings. The first-order valence-electron chi connectivity index (χ1n) is 6.20. The van der Waals surface area contributed by atoms with Crippen molar-refractivity contribution in [3.63, 3.8) is 0 Å². The van der Waals surface area contributed by atoms with Crippen molar-refractivity contribution in [2.75, 3.05) is 6.54 Å². The van der Waals surface area contributed by atoms with E-state index < -0.39 is 16.6 Å². The van der Waals surface area contributed by atoms with Crippen LogP contribution in [0, 0.1) is 5.82 Å². The summed E-state index contributed by atoms with van der Waals surface area (Å²) in [7, 11) is -1.09. The molecule has 1 fully saturated rings. The molecule has 0 heterocycles. The van der Waals surface area contributed by atoms with Crippen LogP contribution in [-0.4, -0.2) is 22.0 Å². The monoisotopic (exact) mass is 289 g/mol. The van der Waals surface area contributed by atoms with E-state index in [-0.39, 0.29) is 10.3 Å². The Bertz CT molecular complexity index is 455. The highest BCUT2D eigenvalue weighted by Crippen LogP contribution is 2.28. The zero-order valence-corrected chi connectivity index (χ0v) is 11.9. The SMILES string of the molecule is CCNC1CCC(S(=O)c2ccc(F)c(Cl)c2)C1. The van der Waals surface area contributed by atoms with Gasteiger partial charge in [-0.3, -0.25) is 4.21 Å². The third kappa shape index (κ3) is 3.11. The summed E-state index contributed by atoms with van der Waals surface area (Å²) in [5.74, 6) is -0.464. The van der Waals surface area contributed by atoms with Crippen molar-refractivity contribution < 1.29 is 8.60 Å². The lowest BCUT2D eigenvalue weighted by molar-refractivity contribution is 0.542. The van der Waals surface area contributed by atoms with Crippen LogP contribution in [0.3, 0.4) is 0 Å². The summed E-state index contributed by atoms with van der Waals surface area (Å²) < 4.78 is 25.4. The predicted octanol–water partition coefficient (Wildman–Crippen LogP) is 3.12. The normalized spacial score (nSPS) is 25.3. The van der Waals surface area contributed by atoms with Gasteiger partial charge in [0.05, 0.1) is 15.8 Å². The minimum atomic E-state index is -1.09. The predicted molar refractivity (Wildman–Crippen MR) is 72.9 cm³/mol. The van der Waals surface area contributed by atoms with Gasteiger partial charge in [0.15, 0.2) is 0 Å². The molecule has 0 spiro atoms. The van der Waals surface area contributed by atoms with Gasteiger partial charge in [0.25, 0.3) is 0 Å². The Morgan fingerprint density at radius 3 is 2.94 bits per heavy atom. The van der Waals surface area contributed by atoms with E-state index in [0.29, 0.717) is 10.9 Å². The van der Waals surface area contributed by atoms with Gasteiger partial charge in [0, 0.05) is 16.2 Å². The van der Waals surface area contributed by atoms with E-state index in [0.717, 1.165) is 25.8 Å². The zero-order chi connectivity index (χ0) is 13.1. The van der Waals surface area contributed by atoms with Crippen LogP contribution in [0.15, 0.2) is 23.1 Å². The Kier molecular flexibility index (Phi) is 4.76. The summed E-state index contributed by atoms with van der Waals surface area (Å²) in [4.78, 5) is 0.628. The molecule has 2 rings (SSSR count). The van der Waals surface area contributed by atoms with E-state index in [1.807, 2.05) is 0 Å². The number of nitrogens with one attached hydrogen (secondary N) is 1. The van der Waals surface area contributed by atoms with Gasteiger partial charge >= 0.3 is 0 Å². The van der Waals surface area contributed by atoms with Crippen molar-refractivity contribution in [2.24, 2.45) is 0 Å². The molecule has 100 valence electrons. The van der Waals surface area contributed by atoms with Crippen molar-refractivity contribution in [3.8, 4) is 0 Å². The summed E-state index contributed by atoms with van der Waals surface area (Å²) in [6.07, 6.45) is 2.91. The number of hydrogen-bond donors (Lipinski definition) is 1. The Labute approximate surface area is 114 Å². The zero-order valence-electron chi connectivity index (χ0n) is 10.3. The second-order valence-corrected chi connectivity index (χ2v) is 6.70. The Morgan fingerprint density at radius 2 is 2.28 bits per heavy atom. The van der Waals surface area contributed by atoms with Crippen molar-refractivity contribution in [1.82, 2.24) is 5.32 Å². The highest BCUT2D eigenvalue weighted by atomic mass is 35.5. The summed E-state index contributed by atoms with van der Waals surface area (Å²) >= 11 is 5.72.